The maximum absolute atomic E-state index is 2.47. The van der Waals surface area contributed by atoms with Crippen molar-refractivity contribution in [3.8, 4) is 33.4 Å². The van der Waals surface area contributed by atoms with Gasteiger partial charge in [-0.25, -0.2) is 0 Å². The van der Waals surface area contributed by atoms with Crippen LogP contribution in [0.5, 0.6) is 0 Å². The standard InChI is InChI=1S/C65H47N/c1-63(2)55-28-14-12-26-51(55)53-40-38-50(43-62(53)63)66(48-36-34-45(35-37-48)44-20-6-3-7-21-44)49-39-41-57-54(42-49)52-27-13-15-29-56(52)65(57)60-32-18-16-30-58(60)64(46-22-8-4-9-23-46,47-24-10-5-11-25-47)59-31-17-19-33-61(59)65/h3-43H,1-2H3. The number of nitrogens with zero attached hydrogens (tertiary/aromatic N) is 1. The van der Waals surface area contributed by atoms with Crippen LogP contribution < -0.4 is 4.90 Å². The Bertz CT molecular complexity index is 3400. The Kier molecular flexibility index (Phi) is 8.45. The van der Waals surface area contributed by atoms with Gasteiger partial charge >= 0.3 is 0 Å². The van der Waals surface area contributed by atoms with E-state index < -0.39 is 10.8 Å². The predicted octanol–water partition coefficient (Wildman–Crippen LogP) is 16.2. The SMILES string of the molecule is CC1(C)c2ccccc2-c2ccc(N(c3ccc(-c4ccccc4)cc3)c3ccc4c(c3)-c3ccccc3C43c4ccccc4C(c4ccccc4)(c4ccccc4)c4ccccc43)cc21. The fourth-order valence-electron chi connectivity index (χ4n) is 12.4. The third-order valence-corrected chi connectivity index (χ3v) is 15.2. The molecule has 1 nitrogen and oxygen atoms in total. The fourth-order valence-corrected chi connectivity index (χ4v) is 12.4. The molecule has 0 N–H and O–H groups in total. The lowest BCUT2D eigenvalue weighted by Gasteiger charge is -2.50. The second kappa shape index (κ2) is 14.5. The van der Waals surface area contributed by atoms with Crippen molar-refractivity contribution in [2.45, 2.75) is 30.1 Å². The number of benzene rings is 10. The smallest absolute Gasteiger partial charge is 0.0720 e. The fraction of sp³-hybridized carbons (Fsp3) is 0.0769. The van der Waals surface area contributed by atoms with Crippen LogP contribution in [-0.2, 0) is 16.2 Å². The van der Waals surface area contributed by atoms with E-state index in [1.165, 1.54) is 89.0 Å². The van der Waals surface area contributed by atoms with Crippen LogP contribution >= 0.6 is 0 Å². The minimum absolute atomic E-state index is 0.134. The van der Waals surface area contributed by atoms with E-state index in [1.54, 1.807) is 0 Å². The summed E-state index contributed by atoms with van der Waals surface area (Å²) in [5.74, 6) is 0. The second-order valence-corrected chi connectivity index (χ2v) is 18.7. The van der Waals surface area contributed by atoms with Gasteiger partial charge in [0, 0.05) is 22.5 Å². The van der Waals surface area contributed by atoms with Gasteiger partial charge in [-0.05, 0) is 125 Å². The normalized spacial score (nSPS) is 14.9. The number of anilines is 3. The number of hydrogen-bond acceptors (Lipinski definition) is 1. The summed E-state index contributed by atoms with van der Waals surface area (Å²) in [4.78, 5) is 2.47. The molecule has 0 amide bonds. The van der Waals surface area contributed by atoms with Crippen molar-refractivity contribution < 1.29 is 0 Å². The molecule has 0 aliphatic heterocycles. The average Bonchev–Trinajstić information content (AvgIpc) is 3.80. The highest BCUT2D eigenvalue weighted by Crippen LogP contribution is 2.65. The van der Waals surface area contributed by atoms with Crippen molar-refractivity contribution in [2.24, 2.45) is 0 Å². The summed E-state index contributed by atoms with van der Waals surface area (Å²) in [7, 11) is 0. The van der Waals surface area contributed by atoms with E-state index in [0.29, 0.717) is 0 Å². The van der Waals surface area contributed by atoms with Gasteiger partial charge in [-0.2, -0.15) is 0 Å². The first-order valence-electron chi connectivity index (χ1n) is 23.3. The van der Waals surface area contributed by atoms with Crippen molar-refractivity contribution in [1.29, 1.82) is 0 Å². The second-order valence-electron chi connectivity index (χ2n) is 18.7. The molecule has 1 heteroatoms. The summed E-state index contributed by atoms with van der Waals surface area (Å²) >= 11 is 0. The minimum Gasteiger partial charge on any atom is -0.310 e. The third kappa shape index (κ3) is 5.23. The van der Waals surface area contributed by atoms with Gasteiger partial charge in [0.05, 0.1) is 10.8 Å². The van der Waals surface area contributed by atoms with E-state index in [0.717, 1.165) is 17.1 Å². The molecule has 0 saturated heterocycles. The monoisotopic (exact) mass is 841 g/mol. The lowest BCUT2D eigenvalue weighted by molar-refractivity contribution is 0.623. The zero-order valence-corrected chi connectivity index (χ0v) is 37.1. The highest BCUT2D eigenvalue weighted by atomic mass is 15.1. The van der Waals surface area contributed by atoms with Gasteiger partial charge in [-0.15, -0.1) is 0 Å². The Morgan fingerprint density at radius 3 is 1.24 bits per heavy atom. The first kappa shape index (κ1) is 38.5. The first-order chi connectivity index (χ1) is 32.5. The van der Waals surface area contributed by atoms with Crippen LogP contribution in [-0.4, -0.2) is 0 Å². The van der Waals surface area contributed by atoms with Crippen LogP contribution in [0, 0.1) is 0 Å². The zero-order valence-electron chi connectivity index (χ0n) is 37.1. The van der Waals surface area contributed by atoms with Gasteiger partial charge in [0.1, 0.15) is 0 Å². The van der Waals surface area contributed by atoms with Crippen LogP contribution in [0.1, 0.15) is 69.5 Å². The van der Waals surface area contributed by atoms with Gasteiger partial charge in [0.25, 0.3) is 0 Å². The Morgan fingerprint density at radius 2 is 0.652 bits per heavy atom. The van der Waals surface area contributed by atoms with E-state index in [1.807, 2.05) is 0 Å². The van der Waals surface area contributed by atoms with Gasteiger partial charge in [0.2, 0.25) is 0 Å². The molecule has 312 valence electrons. The molecule has 0 unspecified atom stereocenters. The molecular weight excluding hydrogens is 795 g/mol. The van der Waals surface area contributed by atoms with E-state index in [4.69, 9.17) is 0 Å². The van der Waals surface area contributed by atoms with Crippen LogP contribution in [0.15, 0.2) is 249 Å². The van der Waals surface area contributed by atoms with Crippen LogP contribution in [0.2, 0.25) is 0 Å². The number of hydrogen-bond donors (Lipinski definition) is 0. The molecule has 10 aromatic rings. The summed E-state index contributed by atoms with van der Waals surface area (Å²) in [6, 6.07) is 93.3. The third-order valence-electron chi connectivity index (χ3n) is 15.2. The van der Waals surface area contributed by atoms with Gasteiger partial charge in [0.15, 0.2) is 0 Å². The molecule has 66 heavy (non-hydrogen) atoms. The van der Waals surface area contributed by atoms with Crippen LogP contribution in [0.3, 0.4) is 0 Å². The molecule has 0 saturated carbocycles. The van der Waals surface area contributed by atoms with Crippen molar-refractivity contribution in [2.75, 3.05) is 4.90 Å². The highest BCUT2D eigenvalue weighted by molar-refractivity contribution is 5.93. The lowest BCUT2D eigenvalue weighted by Crippen LogP contribution is -2.44. The van der Waals surface area contributed by atoms with Crippen molar-refractivity contribution in [1.82, 2.24) is 0 Å². The molecule has 3 aliphatic carbocycles. The van der Waals surface area contributed by atoms with Gasteiger partial charge in [-0.1, -0.05) is 226 Å². The largest absolute Gasteiger partial charge is 0.310 e. The van der Waals surface area contributed by atoms with Crippen LogP contribution in [0.25, 0.3) is 33.4 Å². The Morgan fingerprint density at radius 1 is 0.258 bits per heavy atom. The zero-order chi connectivity index (χ0) is 44.0. The Labute approximate surface area is 388 Å². The average molecular weight is 842 g/mol. The van der Waals surface area contributed by atoms with Gasteiger partial charge < -0.3 is 4.90 Å². The van der Waals surface area contributed by atoms with Crippen LogP contribution in [0.4, 0.5) is 17.1 Å². The highest BCUT2D eigenvalue weighted by Gasteiger charge is 2.56. The van der Waals surface area contributed by atoms with E-state index in [2.05, 4.69) is 267 Å². The van der Waals surface area contributed by atoms with Gasteiger partial charge in [-0.3, -0.25) is 0 Å². The number of fused-ring (bicyclic) bond motifs is 12. The number of rotatable bonds is 6. The summed E-state index contributed by atoms with van der Waals surface area (Å²) in [6.45, 7) is 4.74. The molecule has 0 aromatic heterocycles. The van der Waals surface area contributed by atoms with Crippen molar-refractivity contribution in [3.05, 3.63) is 304 Å². The maximum atomic E-state index is 2.47. The topological polar surface area (TPSA) is 3.24 Å². The molecule has 13 rings (SSSR count). The molecule has 3 aliphatic rings. The quantitative estimate of drug-likeness (QED) is 0.161. The maximum Gasteiger partial charge on any atom is 0.0720 e. The molecule has 0 heterocycles. The lowest BCUT2D eigenvalue weighted by atomic mass is 9.51. The van der Waals surface area contributed by atoms with Crippen molar-refractivity contribution in [3.63, 3.8) is 0 Å². The summed E-state index contributed by atoms with van der Waals surface area (Å²) in [5.41, 5.74) is 22.9. The van der Waals surface area contributed by atoms with E-state index in [9.17, 15) is 0 Å². The molecule has 0 bridgehead atoms. The van der Waals surface area contributed by atoms with Crippen molar-refractivity contribution >= 4 is 17.1 Å². The first-order valence-corrected chi connectivity index (χ1v) is 23.3. The summed E-state index contributed by atoms with van der Waals surface area (Å²) in [6.07, 6.45) is 0. The minimum atomic E-state index is -0.559. The van der Waals surface area contributed by atoms with E-state index >= 15 is 0 Å². The Balaban J connectivity index is 1.05. The molecule has 0 atom stereocenters. The molecule has 0 fully saturated rings. The predicted molar refractivity (Wildman–Crippen MR) is 273 cm³/mol. The molecule has 1 spiro atoms. The van der Waals surface area contributed by atoms with E-state index in [-0.39, 0.29) is 5.41 Å². The summed E-state index contributed by atoms with van der Waals surface area (Å²) < 4.78 is 0. The molecular formula is C65H47N. The molecule has 0 radical (unpaired) electrons. The Hall–Kier alpha value is -8.00. The summed E-state index contributed by atoms with van der Waals surface area (Å²) in [5, 5.41) is 0. The molecule has 10 aromatic carbocycles.